The van der Waals surface area contributed by atoms with E-state index in [4.69, 9.17) is 9.47 Å². The summed E-state index contributed by atoms with van der Waals surface area (Å²) in [4.78, 5) is 14.3. The molecular weight excluding hydrogens is 358 g/mol. The van der Waals surface area contributed by atoms with Gasteiger partial charge in [0, 0.05) is 40.3 Å². The minimum absolute atomic E-state index is 0.107. The van der Waals surface area contributed by atoms with E-state index in [2.05, 4.69) is 10.2 Å². The summed E-state index contributed by atoms with van der Waals surface area (Å²) < 4.78 is 36.2. The van der Waals surface area contributed by atoms with Crippen molar-refractivity contribution in [2.24, 2.45) is 0 Å². The maximum atomic E-state index is 12.1. The van der Waals surface area contributed by atoms with Gasteiger partial charge in [-0.05, 0) is 30.7 Å². The maximum Gasteiger partial charge on any atom is 0.257 e. The molecule has 1 amide bonds. The molecule has 0 saturated carbocycles. The van der Waals surface area contributed by atoms with Crippen LogP contribution in [-0.4, -0.2) is 83.6 Å². The normalized spacial score (nSPS) is 15.8. The third-order valence-electron chi connectivity index (χ3n) is 4.14. The number of aryl methyl sites for hydroxylation is 1. The summed E-state index contributed by atoms with van der Waals surface area (Å²) in [6.45, 7) is 6.21. The number of ether oxygens (including phenoxy) is 2. The molecule has 0 aromatic heterocycles. The second-order valence-electron chi connectivity index (χ2n) is 6.31. The smallest absolute Gasteiger partial charge is 0.257 e. The van der Waals surface area contributed by atoms with E-state index >= 15 is 0 Å². The van der Waals surface area contributed by atoms with Crippen molar-refractivity contribution in [3.8, 4) is 5.75 Å². The number of benzene rings is 1. The summed E-state index contributed by atoms with van der Waals surface area (Å²) in [5.74, 6) is 0.286. The molecule has 26 heavy (non-hydrogen) atoms. The molecular formula is C17H27N3O5S. The van der Waals surface area contributed by atoms with E-state index < -0.39 is 10.0 Å². The van der Waals surface area contributed by atoms with Gasteiger partial charge in [0.25, 0.3) is 5.91 Å². The van der Waals surface area contributed by atoms with Gasteiger partial charge in [-0.15, -0.1) is 0 Å². The fourth-order valence-corrected chi connectivity index (χ4v) is 3.52. The van der Waals surface area contributed by atoms with Crippen molar-refractivity contribution >= 4 is 15.9 Å². The van der Waals surface area contributed by atoms with Crippen molar-refractivity contribution in [3.63, 3.8) is 0 Å². The molecule has 146 valence electrons. The highest BCUT2D eigenvalue weighted by atomic mass is 32.2. The van der Waals surface area contributed by atoms with Crippen LogP contribution in [0.15, 0.2) is 23.1 Å². The first kappa shape index (κ1) is 20.6. The molecule has 9 heteroatoms. The Labute approximate surface area is 155 Å². The van der Waals surface area contributed by atoms with Crippen LogP contribution >= 0.6 is 0 Å². The molecule has 1 aliphatic rings. The molecule has 0 bridgehead atoms. The summed E-state index contributed by atoms with van der Waals surface area (Å²) in [7, 11) is -0.520. The number of hydrogen-bond acceptors (Lipinski definition) is 6. The highest BCUT2D eigenvalue weighted by Gasteiger charge is 2.18. The molecule has 0 atom stereocenters. The Balaban J connectivity index is 1.80. The van der Waals surface area contributed by atoms with Gasteiger partial charge in [-0.3, -0.25) is 9.69 Å². The Morgan fingerprint density at radius 1 is 1.31 bits per heavy atom. The van der Waals surface area contributed by atoms with Gasteiger partial charge in [0.05, 0.1) is 18.1 Å². The number of carbonyl (C=O) groups is 1. The third kappa shape index (κ3) is 5.66. The second kappa shape index (κ2) is 9.31. The lowest BCUT2D eigenvalue weighted by atomic mass is 10.2. The minimum Gasteiger partial charge on any atom is -0.484 e. The molecule has 8 nitrogen and oxygen atoms in total. The summed E-state index contributed by atoms with van der Waals surface area (Å²) in [6.07, 6.45) is 0. The molecule has 0 aliphatic carbocycles. The zero-order valence-electron chi connectivity index (χ0n) is 15.5. The van der Waals surface area contributed by atoms with Crippen molar-refractivity contribution in [1.29, 1.82) is 0 Å². The number of rotatable bonds is 8. The number of nitrogens with one attached hydrogen (secondary N) is 1. The van der Waals surface area contributed by atoms with E-state index in [1.54, 1.807) is 19.1 Å². The number of hydrogen-bond donors (Lipinski definition) is 1. The van der Waals surface area contributed by atoms with Gasteiger partial charge in [0.15, 0.2) is 6.61 Å². The highest BCUT2D eigenvalue weighted by Crippen LogP contribution is 2.23. The summed E-state index contributed by atoms with van der Waals surface area (Å²) in [5, 5.41) is 2.82. The van der Waals surface area contributed by atoms with Crippen LogP contribution in [0.25, 0.3) is 0 Å². The van der Waals surface area contributed by atoms with E-state index in [1.807, 2.05) is 0 Å². The molecule has 1 saturated heterocycles. The van der Waals surface area contributed by atoms with E-state index in [9.17, 15) is 13.2 Å². The van der Waals surface area contributed by atoms with Crippen molar-refractivity contribution in [3.05, 3.63) is 23.8 Å². The Morgan fingerprint density at radius 2 is 2.00 bits per heavy atom. The summed E-state index contributed by atoms with van der Waals surface area (Å²) in [6, 6.07) is 4.60. The SMILES string of the molecule is Cc1cc(S(=O)(=O)N(C)C)ccc1OCC(=O)NCCN1CCOCC1. The van der Waals surface area contributed by atoms with Crippen LogP contribution in [0, 0.1) is 6.92 Å². The van der Waals surface area contributed by atoms with Crippen LogP contribution in [0.2, 0.25) is 0 Å². The zero-order valence-corrected chi connectivity index (χ0v) is 16.3. The number of sulfonamides is 1. The molecule has 1 aromatic rings. The Morgan fingerprint density at radius 3 is 2.62 bits per heavy atom. The standard InChI is InChI=1S/C17H27N3O5S/c1-14-12-15(26(22,23)19(2)3)4-5-16(14)25-13-17(21)18-6-7-20-8-10-24-11-9-20/h4-5,12H,6-11,13H2,1-3H3,(H,18,21). The molecule has 1 aromatic carbocycles. The van der Waals surface area contributed by atoms with Crippen LogP contribution in [0.1, 0.15) is 5.56 Å². The predicted molar refractivity (Wildman–Crippen MR) is 97.8 cm³/mol. The van der Waals surface area contributed by atoms with Crippen molar-refractivity contribution in [2.45, 2.75) is 11.8 Å². The topological polar surface area (TPSA) is 88.2 Å². The monoisotopic (exact) mass is 385 g/mol. The largest absolute Gasteiger partial charge is 0.484 e. The Kier molecular flexibility index (Phi) is 7.39. The van der Waals surface area contributed by atoms with Crippen molar-refractivity contribution < 1.29 is 22.7 Å². The zero-order chi connectivity index (χ0) is 19.2. The van der Waals surface area contributed by atoms with Crippen molar-refractivity contribution in [1.82, 2.24) is 14.5 Å². The molecule has 1 N–H and O–H groups in total. The number of nitrogens with zero attached hydrogens (tertiary/aromatic N) is 2. The van der Waals surface area contributed by atoms with E-state index in [0.717, 1.165) is 37.2 Å². The first-order valence-corrected chi connectivity index (χ1v) is 9.97. The fourth-order valence-electron chi connectivity index (χ4n) is 2.53. The number of morpholine rings is 1. The molecule has 0 spiro atoms. The van der Waals surface area contributed by atoms with Crippen LogP contribution in [0.4, 0.5) is 0 Å². The second-order valence-corrected chi connectivity index (χ2v) is 8.46. The average Bonchev–Trinajstić information content (AvgIpc) is 2.61. The van der Waals surface area contributed by atoms with E-state index in [0.29, 0.717) is 17.9 Å². The van der Waals surface area contributed by atoms with Gasteiger partial charge in [-0.25, -0.2) is 12.7 Å². The molecule has 1 fully saturated rings. The lowest BCUT2D eigenvalue weighted by Crippen LogP contribution is -2.42. The summed E-state index contributed by atoms with van der Waals surface area (Å²) >= 11 is 0. The van der Waals surface area contributed by atoms with E-state index in [1.165, 1.54) is 20.2 Å². The molecule has 1 aliphatic heterocycles. The number of amides is 1. The first-order chi connectivity index (χ1) is 12.3. The third-order valence-corrected chi connectivity index (χ3v) is 5.95. The van der Waals surface area contributed by atoms with Crippen LogP contribution in [0.3, 0.4) is 0 Å². The average molecular weight is 385 g/mol. The lowest BCUT2D eigenvalue weighted by molar-refractivity contribution is -0.123. The molecule has 0 unspecified atom stereocenters. The Bertz CT molecular complexity index is 715. The van der Waals surface area contributed by atoms with Crippen molar-refractivity contribution in [2.75, 3.05) is 60.1 Å². The van der Waals surface area contributed by atoms with Crippen LogP contribution in [0.5, 0.6) is 5.75 Å². The van der Waals surface area contributed by atoms with Gasteiger partial charge in [0.2, 0.25) is 10.0 Å². The fraction of sp³-hybridized carbons (Fsp3) is 0.588. The molecule has 1 heterocycles. The quantitative estimate of drug-likeness (QED) is 0.682. The van der Waals surface area contributed by atoms with E-state index in [-0.39, 0.29) is 17.4 Å². The predicted octanol–water partition coefficient (Wildman–Crippen LogP) is 0.0725. The summed E-state index contributed by atoms with van der Waals surface area (Å²) in [5.41, 5.74) is 0.661. The maximum absolute atomic E-state index is 12.1. The lowest BCUT2D eigenvalue weighted by Gasteiger charge is -2.26. The Hall–Kier alpha value is -1.68. The van der Waals surface area contributed by atoms with Crippen LogP contribution < -0.4 is 10.1 Å². The minimum atomic E-state index is -3.49. The highest BCUT2D eigenvalue weighted by molar-refractivity contribution is 7.89. The molecule has 2 rings (SSSR count). The number of carbonyl (C=O) groups excluding carboxylic acids is 1. The van der Waals surface area contributed by atoms with Gasteiger partial charge >= 0.3 is 0 Å². The van der Waals surface area contributed by atoms with Gasteiger partial charge in [-0.2, -0.15) is 0 Å². The molecule has 0 radical (unpaired) electrons. The van der Waals surface area contributed by atoms with Gasteiger partial charge < -0.3 is 14.8 Å². The van der Waals surface area contributed by atoms with Gasteiger partial charge in [-0.1, -0.05) is 0 Å². The van der Waals surface area contributed by atoms with Gasteiger partial charge in [0.1, 0.15) is 5.75 Å². The first-order valence-electron chi connectivity index (χ1n) is 8.53. The van der Waals surface area contributed by atoms with Crippen LogP contribution in [-0.2, 0) is 19.6 Å².